The van der Waals surface area contributed by atoms with Gasteiger partial charge in [0.2, 0.25) is 11.6 Å². The number of oxime groups is 1. The minimum atomic E-state index is -0.821. The number of anilines is 1. The number of ether oxygens (including phenoxy) is 1. The molecule has 0 saturated carbocycles. The van der Waals surface area contributed by atoms with E-state index in [9.17, 15) is 4.79 Å². The van der Waals surface area contributed by atoms with Crippen LogP contribution in [0.15, 0.2) is 15.6 Å². The number of carbonyl (C=O) groups is 1. The Morgan fingerprint density at radius 2 is 2.45 bits per heavy atom. The van der Waals surface area contributed by atoms with E-state index in [1.807, 2.05) is 0 Å². The SMILES string of the molecule is CO/N=C(\C(=O)ON1N=C(C)OC1S)c1csc(N)n1. The second-order valence-electron chi connectivity index (χ2n) is 3.44. The summed E-state index contributed by atoms with van der Waals surface area (Å²) in [5, 5.41) is 10.2. The first-order valence-electron chi connectivity index (χ1n) is 5.25. The minimum absolute atomic E-state index is 0.138. The van der Waals surface area contributed by atoms with E-state index in [4.69, 9.17) is 15.3 Å². The quantitative estimate of drug-likeness (QED) is 0.470. The highest BCUT2D eigenvalue weighted by molar-refractivity contribution is 7.80. The van der Waals surface area contributed by atoms with Crippen LogP contribution in [0.4, 0.5) is 5.13 Å². The minimum Gasteiger partial charge on any atom is -0.442 e. The van der Waals surface area contributed by atoms with E-state index in [2.05, 4.69) is 32.7 Å². The molecule has 2 rings (SSSR count). The van der Waals surface area contributed by atoms with Gasteiger partial charge in [0.05, 0.1) is 0 Å². The van der Waals surface area contributed by atoms with Crippen molar-refractivity contribution in [2.45, 2.75) is 12.5 Å². The van der Waals surface area contributed by atoms with Gasteiger partial charge < -0.3 is 20.1 Å². The molecule has 1 aromatic rings. The van der Waals surface area contributed by atoms with E-state index >= 15 is 0 Å². The molecule has 1 atom stereocenters. The molecule has 0 amide bonds. The third-order valence-electron chi connectivity index (χ3n) is 2.02. The van der Waals surface area contributed by atoms with Crippen molar-refractivity contribution in [3.05, 3.63) is 11.1 Å². The molecule has 1 aliphatic rings. The Kier molecular flexibility index (Phi) is 4.29. The number of nitrogens with two attached hydrogens (primary N) is 1. The van der Waals surface area contributed by atoms with Crippen molar-refractivity contribution in [3.63, 3.8) is 0 Å². The summed E-state index contributed by atoms with van der Waals surface area (Å²) in [6.45, 7) is 1.60. The summed E-state index contributed by atoms with van der Waals surface area (Å²) in [6, 6.07) is 0. The fourth-order valence-corrected chi connectivity index (χ4v) is 2.08. The van der Waals surface area contributed by atoms with Crippen LogP contribution in [-0.4, -0.2) is 40.4 Å². The Morgan fingerprint density at radius 1 is 1.70 bits per heavy atom. The number of hydroxylamine groups is 1. The highest BCUT2D eigenvalue weighted by Crippen LogP contribution is 2.18. The van der Waals surface area contributed by atoms with Gasteiger partial charge in [0, 0.05) is 12.3 Å². The maximum Gasteiger partial charge on any atom is 0.389 e. The van der Waals surface area contributed by atoms with Crippen LogP contribution in [0.5, 0.6) is 0 Å². The Hall–Kier alpha value is -2.01. The average molecular weight is 317 g/mol. The average Bonchev–Trinajstić information content (AvgIpc) is 2.93. The summed E-state index contributed by atoms with van der Waals surface area (Å²) in [5.74, 6) is -0.501. The summed E-state index contributed by atoms with van der Waals surface area (Å²) >= 11 is 5.20. The van der Waals surface area contributed by atoms with Crippen LogP contribution in [0.1, 0.15) is 12.6 Å². The Balaban J connectivity index is 2.15. The smallest absolute Gasteiger partial charge is 0.389 e. The number of thiazole rings is 1. The molecule has 1 aliphatic heterocycles. The summed E-state index contributed by atoms with van der Waals surface area (Å²) < 4.78 is 5.08. The lowest BCUT2D eigenvalue weighted by molar-refractivity contribution is -0.194. The van der Waals surface area contributed by atoms with Crippen LogP contribution in [-0.2, 0) is 19.2 Å². The van der Waals surface area contributed by atoms with Gasteiger partial charge in [-0.25, -0.2) is 9.78 Å². The second kappa shape index (κ2) is 5.96. The highest BCUT2D eigenvalue weighted by atomic mass is 32.1. The molecular formula is C9H11N5O4S2. The van der Waals surface area contributed by atoms with Crippen molar-refractivity contribution in [1.29, 1.82) is 0 Å². The molecule has 20 heavy (non-hydrogen) atoms. The van der Waals surface area contributed by atoms with Gasteiger partial charge >= 0.3 is 5.97 Å². The molecule has 0 saturated heterocycles. The lowest BCUT2D eigenvalue weighted by atomic mass is 10.3. The number of rotatable bonds is 4. The molecular weight excluding hydrogens is 306 g/mol. The van der Waals surface area contributed by atoms with Crippen LogP contribution < -0.4 is 5.73 Å². The van der Waals surface area contributed by atoms with Crippen molar-refractivity contribution >= 4 is 46.7 Å². The molecule has 0 bridgehead atoms. The molecule has 1 unspecified atom stereocenters. The number of hydrogen-bond acceptors (Lipinski definition) is 11. The third kappa shape index (κ3) is 3.11. The van der Waals surface area contributed by atoms with Crippen molar-refractivity contribution in [3.8, 4) is 0 Å². The van der Waals surface area contributed by atoms with Crippen molar-refractivity contribution < 1.29 is 19.2 Å². The van der Waals surface area contributed by atoms with E-state index in [-0.39, 0.29) is 11.4 Å². The van der Waals surface area contributed by atoms with Gasteiger partial charge in [-0.15, -0.1) is 29.1 Å². The standard InChI is InChI=1S/C9H11N5O4S2/c1-4-12-14(9(19)17-4)18-7(15)6(13-16-2)5-3-20-8(10)11-5/h3,9,19H,1-2H3,(H2,10,11)/b13-6-. The van der Waals surface area contributed by atoms with E-state index in [1.165, 1.54) is 7.11 Å². The number of carbonyl (C=O) groups excluding carboxylic acids is 1. The van der Waals surface area contributed by atoms with Gasteiger partial charge in [0.15, 0.2) is 5.13 Å². The number of hydrogen-bond donors (Lipinski definition) is 2. The molecule has 0 aliphatic carbocycles. The molecule has 9 nitrogen and oxygen atoms in total. The predicted molar refractivity (Wildman–Crippen MR) is 75.0 cm³/mol. The fraction of sp³-hybridized carbons (Fsp3) is 0.333. The van der Waals surface area contributed by atoms with Gasteiger partial charge in [0.1, 0.15) is 12.8 Å². The second-order valence-corrected chi connectivity index (χ2v) is 4.77. The number of nitrogen functional groups attached to an aromatic ring is 1. The van der Waals surface area contributed by atoms with Crippen LogP contribution in [0.2, 0.25) is 0 Å². The topological polar surface area (TPSA) is 112 Å². The maximum absolute atomic E-state index is 12.0. The number of nitrogens with zero attached hydrogens (tertiary/aromatic N) is 4. The molecule has 0 spiro atoms. The molecule has 0 fully saturated rings. The lowest BCUT2D eigenvalue weighted by Gasteiger charge is -2.15. The zero-order chi connectivity index (χ0) is 14.7. The molecule has 0 aromatic carbocycles. The first-order chi connectivity index (χ1) is 9.51. The first kappa shape index (κ1) is 14.4. The Bertz CT molecular complexity index is 572. The van der Waals surface area contributed by atoms with Gasteiger partial charge in [-0.1, -0.05) is 10.3 Å². The van der Waals surface area contributed by atoms with E-state index in [1.54, 1.807) is 12.3 Å². The fourth-order valence-electron chi connectivity index (χ4n) is 1.28. The maximum atomic E-state index is 12.0. The van der Waals surface area contributed by atoms with E-state index < -0.39 is 11.5 Å². The number of aromatic nitrogens is 1. The molecule has 11 heteroatoms. The van der Waals surface area contributed by atoms with Crippen LogP contribution >= 0.6 is 24.0 Å². The van der Waals surface area contributed by atoms with Gasteiger partial charge in [-0.2, -0.15) is 0 Å². The summed E-state index contributed by atoms with van der Waals surface area (Å²) in [4.78, 5) is 25.6. The third-order valence-corrected chi connectivity index (χ3v) is 3.00. The molecule has 2 N–H and O–H groups in total. The zero-order valence-electron chi connectivity index (χ0n) is 10.5. The molecule has 0 radical (unpaired) electrons. The lowest BCUT2D eigenvalue weighted by Crippen LogP contribution is -2.31. The monoisotopic (exact) mass is 317 g/mol. The molecule has 108 valence electrons. The zero-order valence-corrected chi connectivity index (χ0v) is 12.2. The van der Waals surface area contributed by atoms with Gasteiger partial charge in [-0.05, 0) is 0 Å². The first-order valence-corrected chi connectivity index (χ1v) is 6.65. The van der Waals surface area contributed by atoms with Crippen LogP contribution in [0, 0.1) is 0 Å². The van der Waals surface area contributed by atoms with Crippen molar-refractivity contribution in [1.82, 2.24) is 10.2 Å². The highest BCUT2D eigenvalue weighted by Gasteiger charge is 2.29. The Labute approximate surface area is 123 Å². The van der Waals surface area contributed by atoms with Gasteiger partial charge in [0.25, 0.3) is 5.56 Å². The summed E-state index contributed by atoms with van der Waals surface area (Å²) in [5.41, 5.74) is 4.80. The number of thiol groups is 1. The normalized spacial score (nSPS) is 18.6. The predicted octanol–water partition coefficient (Wildman–Crippen LogP) is 0.413. The van der Waals surface area contributed by atoms with E-state index in [0.29, 0.717) is 11.0 Å². The summed E-state index contributed by atoms with van der Waals surface area (Å²) in [6.07, 6.45) is 0. The van der Waals surface area contributed by atoms with Crippen LogP contribution in [0.3, 0.4) is 0 Å². The number of hydrazone groups is 1. The molecule has 2 heterocycles. The Morgan fingerprint density at radius 3 is 2.95 bits per heavy atom. The van der Waals surface area contributed by atoms with Gasteiger partial charge in [-0.3, -0.25) is 0 Å². The largest absolute Gasteiger partial charge is 0.442 e. The molecule has 1 aromatic heterocycles. The summed E-state index contributed by atoms with van der Waals surface area (Å²) in [7, 11) is 1.30. The van der Waals surface area contributed by atoms with Crippen LogP contribution in [0.25, 0.3) is 0 Å². The van der Waals surface area contributed by atoms with E-state index in [0.717, 1.165) is 16.5 Å². The van der Waals surface area contributed by atoms with Crippen molar-refractivity contribution in [2.75, 3.05) is 12.8 Å². The van der Waals surface area contributed by atoms with Crippen molar-refractivity contribution in [2.24, 2.45) is 10.3 Å².